The predicted molar refractivity (Wildman–Crippen MR) is 87.2 cm³/mol. The molecule has 5 heteroatoms. The summed E-state index contributed by atoms with van der Waals surface area (Å²) in [5, 5.41) is 15.0. The maximum Gasteiger partial charge on any atom is 0.138 e. The van der Waals surface area contributed by atoms with Crippen molar-refractivity contribution in [1.29, 1.82) is 0 Å². The van der Waals surface area contributed by atoms with Crippen molar-refractivity contribution in [1.82, 2.24) is 10.1 Å². The molecule has 0 aliphatic carbocycles. The van der Waals surface area contributed by atoms with Gasteiger partial charge in [-0.1, -0.05) is 17.3 Å². The Morgan fingerprint density at radius 2 is 2.13 bits per heavy atom. The average molecular weight is 316 g/mol. The summed E-state index contributed by atoms with van der Waals surface area (Å²) in [6.07, 6.45) is 3.83. The van der Waals surface area contributed by atoms with Gasteiger partial charge in [0.05, 0.1) is 13.3 Å². The topological polar surface area (TPSA) is 58.7 Å². The first-order valence-corrected chi connectivity index (χ1v) is 8.03. The highest BCUT2D eigenvalue weighted by atomic mass is 16.5. The van der Waals surface area contributed by atoms with E-state index in [1.54, 1.807) is 13.3 Å². The van der Waals surface area contributed by atoms with Crippen LogP contribution in [-0.2, 0) is 12.1 Å². The van der Waals surface area contributed by atoms with Crippen molar-refractivity contribution in [2.45, 2.75) is 44.9 Å². The van der Waals surface area contributed by atoms with Gasteiger partial charge in [-0.3, -0.25) is 4.90 Å². The predicted octanol–water partition coefficient (Wildman–Crippen LogP) is 2.86. The minimum absolute atomic E-state index is 0.0743. The lowest BCUT2D eigenvalue weighted by Crippen LogP contribution is -2.45. The second kappa shape index (κ2) is 6.34. The highest BCUT2D eigenvalue weighted by molar-refractivity contribution is 5.32. The Bertz CT molecular complexity index is 649. The maximum atomic E-state index is 11.2. The van der Waals surface area contributed by atoms with Crippen molar-refractivity contribution in [2.75, 3.05) is 13.7 Å². The SMILES string of the molecule is COc1ccc([C@](C)(O)[C@@H]2CCCN2Cc2cnoc2C)cc1. The average Bonchev–Trinajstić information content (AvgIpc) is 3.18. The van der Waals surface area contributed by atoms with Gasteiger partial charge in [-0.05, 0) is 50.9 Å². The molecule has 0 unspecified atom stereocenters. The summed E-state index contributed by atoms with van der Waals surface area (Å²) >= 11 is 0. The van der Waals surface area contributed by atoms with E-state index in [0.717, 1.165) is 48.6 Å². The van der Waals surface area contributed by atoms with Crippen molar-refractivity contribution in [3.05, 3.63) is 47.3 Å². The number of aliphatic hydroxyl groups is 1. The molecule has 23 heavy (non-hydrogen) atoms. The van der Waals surface area contributed by atoms with Gasteiger partial charge < -0.3 is 14.4 Å². The smallest absolute Gasteiger partial charge is 0.138 e. The Morgan fingerprint density at radius 1 is 1.39 bits per heavy atom. The lowest BCUT2D eigenvalue weighted by Gasteiger charge is -2.37. The van der Waals surface area contributed by atoms with Crippen molar-refractivity contribution in [3.8, 4) is 5.75 Å². The van der Waals surface area contributed by atoms with Crippen LogP contribution in [0.5, 0.6) is 5.75 Å². The van der Waals surface area contributed by atoms with Gasteiger partial charge in [-0.15, -0.1) is 0 Å². The van der Waals surface area contributed by atoms with Crippen LogP contribution >= 0.6 is 0 Å². The zero-order valence-corrected chi connectivity index (χ0v) is 14.0. The summed E-state index contributed by atoms with van der Waals surface area (Å²) in [6.45, 7) is 5.56. The second-order valence-corrected chi connectivity index (χ2v) is 6.41. The lowest BCUT2D eigenvalue weighted by molar-refractivity contribution is -0.0255. The van der Waals surface area contributed by atoms with Gasteiger partial charge in [0.2, 0.25) is 0 Å². The van der Waals surface area contributed by atoms with Gasteiger partial charge >= 0.3 is 0 Å². The van der Waals surface area contributed by atoms with Crippen molar-refractivity contribution >= 4 is 0 Å². The van der Waals surface area contributed by atoms with E-state index in [-0.39, 0.29) is 6.04 Å². The first-order valence-electron chi connectivity index (χ1n) is 8.03. The van der Waals surface area contributed by atoms with E-state index in [2.05, 4.69) is 10.1 Å². The first kappa shape index (κ1) is 16.0. The largest absolute Gasteiger partial charge is 0.497 e. The number of hydrogen-bond acceptors (Lipinski definition) is 5. The van der Waals surface area contributed by atoms with Gasteiger partial charge in [0, 0.05) is 18.2 Å². The number of methoxy groups -OCH3 is 1. The zero-order chi connectivity index (χ0) is 16.4. The summed E-state index contributed by atoms with van der Waals surface area (Å²) in [4.78, 5) is 2.32. The molecule has 5 nitrogen and oxygen atoms in total. The van der Waals surface area contributed by atoms with E-state index in [1.165, 1.54) is 0 Å². The van der Waals surface area contributed by atoms with Crippen LogP contribution in [0.15, 0.2) is 35.0 Å². The summed E-state index contributed by atoms with van der Waals surface area (Å²) in [6, 6.07) is 7.76. The van der Waals surface area contributed by atoms with Gasteiger partial charge in [0.25, 0.3) is 0 Å². The molecule has 3 rings (SSSR count). The van der Waals surface area contributed by atoms with E-state index < -0.39 is 5.60 Å². The quantitative estimate of drug-likeness (QED) is 0.919. The van der Waals surface area contributed by atoms with Gasteiger partial charge in [0.15, 0.2) is 0 Å². The number of aromatic nitrogens is 1. The van der Waals surface area contributed by atoms with Gasteiger partial charge in [0.1, 0.15) is 17.1 Å². The fraction of sp³-hybridized carbons (Fsp3) is 0.500. The minimum atomic E-state index is -0.909. The molecule has 1 aromatic heterocycles. The molecule has 0 radical (unpaired) electrons. The number of ether oxygens (including phenoxy) is 1. The Kier molecular flexibility index (Phi) is 4.41. The van der Waals surface area contributed by atoms with Crippen LogP contribution in [-0.4, -0.2) is 34.9 Å². The van der Waals surface area contributed by atoms with E-state index in [1.807, 2.05) is 38.1 Å². The second-order valence-electron chi connectivity index (χ2n) is 6.41. The molecule has 1 fully saturated rings. The van der Waals surface area contributed by atoms with Gasteiger partial charge in [-0.2, -0.15) is 0 Å². The molecular formula is C18H24N2O3. The molecule has 2 aromatic rings. The summed E-state index contributed by atoms with van der Waals surface area (Å²) < 4.78 is 10.4. The molecule has 1 aromatic carbocycles. The fourth-order valence-corrected chi connectivity index (χ4v) is 3.46. The standard InChI is InChI=1S/C18H24N2O3/c1-13-14(11-19-23-13)12-20-10-4-5-17(20)18(2,21)15-6-8-16(22-3)9-7-15/h6-9,11,17,21H,4-5,10,12H2,1-3H3/t17-,18-/m0/s1. The molecule has 1 N–H and O–H groups in total. The van der Waals surface area contributed by atoms with Crippen LogP contribution < -0.4 is 4.74 Å². The zero-order valence-electron chi connectivity index (χ0n) is 14.0. The Balaban J connectivity index is 1.80. The van der Waals surface area contributed by atoms with Crippen LogP contribution in [0.3, 0.4) is 0 Å². The molecular weight excluding hydrogens is 292 g/mol. The number of aryl methyl sites for hydroxylation is 1. The van der Waals surface area contributed by atoms with E-state index >= 15 is 0 Å². The van der Waals surface area contributed by atoms with Gasteiger partial charge in [-0.25, -0.2) is 0 Å². The van der Waals surface area contributed by atoms with Crippen LogP contribution in [0, 0.1) is 6.92 Å². The van der Waals surface area contributed by atoms with E-state index in [0.29, 0.717) is 0 Å². The monoisotopic (exact) mass is 316 g/mol. The molecule has 0 spiro atoms. The lowest BCUT2D eigenvalue weighted by atomic mass is 9.86. The van der Waals surface area contributed by atoms with Crippen LogP contribution in [0.25, 0.3) is 0 Å². The van der Waals surface area contributed by atoms with E-state index in [9.17, 15) is 5.11 Å². The molecule has 124 valence electrons. The Morgan fingerprint density at radius 3 is 2.74 bits per heavy atom. The fourth-order valence-electron chi connectivity index (χ4n) is 3.46. The maximum absolute atomic E-state index is 11.2. The number of likely N-dealkylation sites (tertiary alicyclic amines) is 1. The molecule has 0 saturated carbocycles. The molecule has 1 aliphatic heterocycles. The third-order valence-corrected chi connectivity index (χ3v) is 4.91. The molecule has 2 atom stereocenters. The van der Waals surface area contributed by atoms with Crippen LogP contribution in [0.1, 0.15) is 36.7 Å². The Hall–Kier alpha value is -1.85. The first-order chi connectivity index (χ1) is 11.0. The molecule has 2 heterocycles. The molecule has 1 saturated heterocycles. The third-order valence-electron chi connectivity index (χ3n) is 4.91. The molecule has 0 amide bonds. The minimum Gasteiger partial charge on any atom is -0.497 e. The van der Waals surface area contributed by atoms with Crippen molar-refractivity contribution < 1.29 is 14.4 Å². The third kappa shape index (κ3) is 3.12. The summed E-state index contributed by atoms with van der Waals surface area (Å²) in [5.74, 6) is 1.65. The molecule has 1 aliphatic rings. The van der Waals surface area contributed by atoms with E-state index in [4.69, 9.17) is 9.26 Å². The Labute approximate surface area is 136 Å². The van der Waals surface area contributed by atoms with Crippen LogP contribution in [0.2, 0.25) is 0 Å². The van der Waals surface area contributed by atoms with Crippen LogP contribution in [0.4, 0.5) is 0 Å². The normalized spacial score (nSPS) is 21.3. The van der Waals surface area contributed by atoms with Crippen molar-refractivity contribution in [3.63, 3.8) is 0 Å². The number of rotatable bonds is 5. The number of nitrogens with zero attached hydrogens (tertiary/aromatic N) is 2. The number of hydrogen-bond donors (Lipinski definition) is 1. The summed E-state index contributed by atoms with van der Waals surface area (Å²) in [7, 11) is 1.65. The molecule has 0 bridgehead atoms. The number of benzene rings is 1. The van der Waals surface area contributed by atoms with Crippen molar-refractivity contribution in [2.24, 2.45) is 0 Å². The highest BCUT2D eigenvalue weighted by Crippen LogP contribution is 2.36. The summed E-state index contributed by atoms with van der Waals surface area (Å²) in [5.41, 5.74) is 1.09. The highest BCUT2D eigenvalue weighted by Gasteiger charge is 2.40.